The number of halogens is 1. The van der Waals surface area contributed by atoms with E-state index in [4.69, 9.17) is 4.52 Å². The van der Waals surface area contributed by atoms with Crippen LogP contribution in [0.2, 0.25) is 0 Å². The van der Waals surface area contributed by atoms with E-state index < -0.39 is 10.0 Å². The molecule has 0 unspecified atom stereocenters. The summed E-state index contributed by atoms with van der Waals surface area (Å²) in [6.45, 7) is 5.63. The molecule has 0 spiro atoms. The number of aromatic nitrogens is 1. The van der Waals surface area contributed by atoms with Crippen LogP contribution < -0.4 is 0 Å². The molecule has 2 aromatic heterocycles. The van der Waals surface area contributed by atoms with Crippen LogP contribution in [-0.2, 0) is 16.6 Å². The lowest BCUT2D eigenvalue weighted by Gasteiger charge is -2.16. The smallest absolute Gasteiger partial charge is 0.244 e. The fraction of sp³-hybridized carbons (Fsp3) is 0.417. The minimum absolute atomic E-state index is 0.246. The number of hydrogen-bond donors (Lipinski definition) is 0. The zero-order valence-corrected chi connectivity index (χ0v) is 14.8. The second-order valence-corrected chi connectivity index (χ2v) is 9.18. The number of aryl methyl sites for hydroxylation is 3. The van der Waals surface area contributed by atoms with Crippen molar-refractivity contribution >= 4 is 37.3 Å². The highest BCUT2D eigenvalue weighted by Gasteiger charge is 2.26. The standard InChI is InChI=1S/C12H15BrN2O3S2/c1-7-10(8(2)18-14-7)6-15(4)20(16,17)11-5-12(13)19-9(11)3/h5H,6H2,1-4H3. The third kappa shape index (κ3) is 2.83. The molecular weight excluding hydrogens is 364 g/mol. The largest absolute Gasteiger partial charge is 0.361 e. The first-order chi connectivity index (χ1) is 9.23. The Labute approximate surface area is 130 Å². The lowest BCUT2D eigenvalue weighted by Crippen LogP contribution is -2.27. The van der Waals surface area contributed by atoms with Gasteiger partial charge in [-0.2, -0.15) is 4.31 Å². The summed E-state index contributed by atoms with van der Waals surface area (Å²) in [7, 11) is -1.95. The molecule has 5 nitrogen and oxygen atoms in total. The summed E-state index contributed by atoms with van der Waals surface area (Å²) in [5.74, 6) is 0.646. The van der Waals surface area contributed by atoms with E-state index in [0.29, 0.717) is 16.3 Å². The zero-order valence-electron chi connectivity index (χ0n) is 11.6. The van der Waals surface area contributed by atoms with Gasteiger partial charge in [-0.25, -0.2) is 8.42 Å². The van der Waals surface area contributed by atoms with Crippen LogP contribution in [0.4, 0.5) is 0 Å². The van der Waals surface area contributed by atoms with Gasteiger partial charge in [-0.15, -0.1) is 11.3 Å². The highest BCUT2D eigenvalue weighted by atomic mass is 79.9. The monoisotopic (exact) mass is 378 g/mol. The van der Waals surface area contributed by atoms with Crippen LogP contribution in [0.15, 0.2) is 19.3 Å². The predicted molar refractivity (Wildman–Crippen MR) is 81.4 cm³/mol. The molecule has 0 amide bonds. The maximum absolute atomic E-state index is 12.6. The molecule has 0 bridgehead atoms. The minimum Gasteiger partial charge on any atom is -0.361 e. The van der Waals surface area contributed by atoms with Gasteiger partial charge in [0.1, 0.15) is 5.76 Å². The van der Waals surface area contributed by atoms with E-state index in [1.807, 2.05) is 0 Å². The van der Waals surface area contributed by atoms with E-state index >= 15 is 0 Å². The van der Waals surface area contributed by atoms with Gasteiger partial charge in [0.15, 0.2) is 0 Å². The molecule has 0 aromatic carbocycles. The molecule has 110 valence electrons. The second-order valence-electron chi connectivity index (χ2n) is 4.53. The normalized spacial score (nSPS) is 12.3. The van der Waals surface area contributed by atoms with Gasteiger partial charge in [-0.05, 0) is 42.8 Å². The first-order valence-electron chi connectivity index (χ1n) is 5.87. The molecular formula is C12H15BrN2O3S2. The average molecular weight is 379 g/mol. The quantitative estimate of drug-likeness (QED) is 0.818. The van der Waals surface area contributed by atoms with Crippen molar-refractivity contribution in [1.82, 2.24) is 9.46 Å². The van der Waals surface area contributed by atoms with Crippen LogP contribution in [0.3, 0.4) is 0 Å². The van der Waals surface area contributed by atoms with Crippen molar-refractivity contribution in [3.63, 3.8) is 0 Å². The van der Waals surface area contributed by atoms with E-state index in [1.54, 1.807) is 33.9 Å². The van der Waals surface area contributed by atoms with E-state index in [1.165, 1.54) is 15.6 Å². The van der Waals surface area contributed by atoms with E-state index in [2.05, 4.69) is 21.1 Å². The maximum Gasteiger partial charge on any atom is 0.244 e. The average Bonchev–Trinajstić information content (AvgIpc) is 2.85. The van der Waals surface area contributed by atoms with E-state index in [0.717, 1.165) is 14.2 Å². The topological polar surface area (TPSA) is 63.4 Å². The van der Waals surface area contributed by atoms with Crippen molar-refractivity contribution < 1.29 is 12.9 Å². The van der Waals surface area contributed by atoms with Gasteiger partial charge in [0.05, 0.1) is 14.4 Å². The molecule has 2 aromatic rings. The first-order valence-corrected chi connectivity index (χ1v) is 8.92. The Kier molecular flexibility index (Phi) is 4.38. The first kappa shape index (κ1) is 15.7. The van der Waals surface area contributed by atoms with Gasteiger partial charge in [-0.1, -0.05) is 5.16 Å². The Morgan fingerprint density at radius 2 is 2.05 bits per heavy atom. The van der Waals surface area contributed by atoms with Crippen molar-refractivity contribution in [3.8, 4) is 0 Å². The summed E-state index contributed by atoms with van der Waals surface area (Å²) in [4.78, 5) is 1.10. The molecule has 0 atom stereocenters. The van der Waals surface area contributed by atoms with Crippen molar-refractivity contribution in [3.05, 3.63) is 31.7 Å². The zero-order chi connectivity index (χ0) is 15.1. The Morgan fingerprint density at radius 3 is 2.50 bits per heavy atom. The molecule has 8 heteroatoms. The van der Waals surface area contributed by atoms with Crippen molar-refractivity contribution in [2.45, 2.75) is 32.2 Å². The van der Waals surface area contributed by atoms with Gasteiger partial charge < -0.3 is 4.52 Å². The van der Waals surface area contributed by atoms with Crippen LogP contribution in [0.25, 0.3) is 0 Å². The fourth-order valence-corrected chi connectivity index (χ4v) is 5.41. The van der Waals surface area contributed by atoms with Crippen molar-refractivity contribution in [1.29, 1.82) is 0 Å². The summed E-state index contributed by atoms with van der Waals surface area (Å²) < 4.78 is 32.3. The van der Waals surface area contributed by atoms with Gasteiger partial charge in [0.2, 0.25) is 10.0 Å². The minimum atomic E-state index is -3.51. The summed E-state index contributed by atoms with van der Waals surface area (Å²) >= 11 is 4.73. The van der Waals surface area contributed by atoms with Gasteiger partial charge in [-0.3, -0.25) is 0 Å². The van der Waals surface area contributed by atoms with E-state index in [-0.39, 0.29) is 6.54 Å². The van der Waals surface area contributed by atoms with Crippen LogP contribution in [0, 0.1) is 20.8 Å². The Hall–Kier alpha value is -0.700. The number of nitrogens with zero attached hydrogens (tertiary/aromatic N) is 2. The summed E-state index contributed by atoms with van der Waals surface area (Å²) in [6, 6.07) is 1.64. The van der Waals surface area contributed by atoms with Crippen molar-refractivity contribution in [2.75, 3.05) is 7.05 Å². The van der Waals surface area contributed by atoms with Crippen LogP contribution in [-0.4, -0.2) is 24.9 Å². The number of thiophene rings is 1. The lowest BCUT2D eigenvalue weighted by molar-refractivity contribution is 0.390. The maximum atomic E-state index is 12.6. The Bertz CT molecular complexity index is 714. The van der Waals surface area contributed by atoms with Crippen LogP contribution in [0.5, 0.6) is 0 Å². The van der Waals surface area contributed by atoms with Gasteiger partial charge in [0, 0.05) is 24.0 Å². The molecule has 0 N–H and O–H groups in total. The molecule has 0 fully saturated rings. The molecule has 0 saturated carbocycles. The number of rotatable bonds is 4. The van der Waals surface area contributed by atoms with E-state index in [9.17, 15) is 8.42 Å². The molecule has 2 rings (SSSR count). The number of hydrogen-bond acceptors (Lipinski definition) is 5. The van der Waals surface area contributed by atoms with Crippen LogP contribution in [0.1, 0.15) is 21.9 Å². The highest BCUT2D eigenvalue weighted by Crippen LogP contribution is 2.31. The molecule has 0 radical (unpaired) electrons. The Balaban J connectivity index is 2.33. The molecule has 0 saturated heterocycles. The van der Waals surface area contributed by atoms with Gasteiger partial charge in [0.25, 0.3) is 0 Å². The third-order valence-electron chi connectivity index (χ3n) is 3.09. The third-order valence-corrected chi connectivity index (χ3v) is 6.70. The SMILES string of the molecule is Cc1noc(C)c1CN(C)S(=O)(=O)c1cc(Br)sc1C. The fourth-order valence-electron chi connectivity index (χ4n) is 1.89. The van der Waals surface area contributed by atoms with Crippen LogP contribution >= 0.6 is 27.3 Å². The Morgan fingerprint density at radius 1 is 1.40 bits per heavy atom. The molecule has 0 aliphatic carbocycles. The molecule has 2 heterocycles. The molecule has 0 aliphatic heterocycles. The summed E-state index contributed by atoms with van der Waals surface area (Å²) in [5.41, 5.74) is 1.52. The summed E-state index contributed by atoms with van der Waals surface area (Å²) in [5, 5.41) is 3.84. The predicted octanol–water partition coefficient (Wildman–Crippen LogP) is 3.24. The second kappa shape index (κ2) is 5.59. The van der Waals surface area contributed by atoms with Gasteiger partial charge >= 0.3 is 0 Å². The summed E-state index contributed by atoms with van der Waals surface area (Å²) in [6.07, 6.45) is 0. The molecule has 0 aliphatic rings. The lowest BCUT2D eigenvalue weighted by atomic mass is 10.2. The molecule has 20 heavy (non-hydrogen) atoms. The highest BCUT2D eigenvalue weighted by molar-refractivity contribution is 9.11. The number of sulfonamides is 1. The van der Waals surface area contributed by atoms with Crippen molar-refractivity contribution in [2.24, 2.45) is 0 Å².